The Bertz CT molecular complexity index is 140. The van der Waals surface area contributed by atoms with Gasteiger partial charge in [-0.1, -0.05) is 0 Å². The van der Waals surface area contributed by atoms with Crippen LogP contribution in [0.1, 0.15) is 19.3 Å². The molecule has 0 unspecified atom stereocenters. The Morgan fingerprint density at radius 1 is 1.31 bits per heavy atom. The van der Waals surface area contributed by atoms with Crippen molar-refractivity contribution in [3.63, 3.8) is 0 Å². The molecule has 1 amide bonds. The lowest BCUT2D eigenvalue weighted by molar-refractivity contribution is -0.128. The summed E-state index contributed by atoms with van der Waals surface area (Å²) in [5, 5.41) is 0. The van der Waals surface area contributed by atoms with E-state index in [9.17, 15) is 4.79 Å². The second-order valence-corrected chi connectivity index (χ2v) is 4.37. The largest absolute Gasteiger partial charge is 0.349 e. The number of carbonyl (C=O) groups is 1. The summed E-state index contributed by atoms with van der Waals surface area (Å²) in [6.07, 6.45) is 2.72. The molecule has 0 aliphatic heterocycles. The van der Waals surface area contributed by atoms with Crippen LogP contribution in [0.5, 0.6) is 0 Å². The van der Waals surface area contributed by atoms with Crippen LogP contribution >= 0.6 is 11.8 Å². The van der Waals surface area contributed by atoms with Crippen molar-refractivity contribution in [1.82, 2.24) is 4.90 Å². The van der Waals surface area contributed by atoms with Gasteiger partial charge in [-0.05, 0) is 30.9 Å². The van der Waals surface area contributed by atoms with Crippen LogP contribution < -0.4 is 5.73 Å². The quantitative estimate of drug-likeness (QED) is 0.628. The first kappa shape index (κ1) is 12.8. The zero-order valence-corrected chi connectivity index (χ0v) is 9.40. The van der Waals surface area contributed by atoms with Crippen molar-refractivity contribution in [2.75, 3.05) is 32.1 Å². The van der Waals surface area contributed by atoms with Gasteiger partial charge >= 0.3 is 0 Å². The van der Waals surface area contributed by atoms with Crippen LogP contribution in [-0.2, 0) is 4.79 Å². The van der Waals surface area contributed by atoms with Gasteiger partial charge in [0.1, 0.15) is 0 Å². The summed E-state index contributed by atoms with van der Waals surface area (Å²) in [5.41, 5.74) is 5.36. The van der Waals surface area contributed by atoms with Gasteiger partial charge in [-0.3, -0.25) is 4.79 Å². The number of nitrogens with zero attached hydrogens (tertiary/aromatic N) is 1. The maximum absolute atomic E-state index is 11.1. The third-order valence-electron chi connectivity index (χ3n) is 1.67. The van der Waals surface area contributed by atoms with Crippen LogP contribution in [0.3, 0.4) is 0 Å². The first-order valence-electron chi connectivity index (χ1n) is 4.66. The van der Waals surface area contributed by atoms with Crippen molar-refractivity contribution >= 4 is 17.7 Å². The van der Waals surface area contributed by atoms with Crippen LogP contribution in [0.2, 0.25) is 0 Å². The van der Waals surface area contributed by atoms with Crippen molar-refractivity contribution < 1.29 is 4.79 Å². The summed E-state index contributed by atoms with van der Waals surface area (Å²) in [7, 11) is 3.59. The molecular formula is C9H20N2OS. The summed E-state index contributed by atoms with van der Waals surface area (Å²) >= 11 is 1.88. The monoisotopic (exact) mass is 204 g/mol. The molecule has 0 aromatic heterocycles. The van der Waals surface area contributed by atoms with Gasteiger partial charge in [0.2, 0.25) is 5.91 Å². The fraction of sp³-hybridized carbons (Fsp3) is 0.889. The molecule has 0 heterocycles. The Morgan fingerprint density at radius 2 is 1.92 bits per heavy atom. The molecule has 0 saturated heterocycles. The zero-order valence-electron chi connectivity index (χ0n) is 8.58. The van der Waals surface area contributed by atoms with E-state index >= 15 is 0 Å². The summed E-state index contributed by atoms with van der Waals surface area (Å²) in [5.74, 6) is 2.41. The molecule has 0 aliphatic rings. The number of nitrogens with two attached hydrogens (primary N) is 1. The van der Waals surface area contributed by atoms with E-state index in [4.69, 9.17) is 5.73 Å². The van der Waals surface area contributed by atoms with E-state index in [1.54, 1.807) is 19.0 Å². The maximum atomic E-state index is 11.1. The first-order valence-corrected chi connectivity index (χ1v) is 5.82. The van der Waals surface area contributed by atoms with Crippen LogP contribution in [0, 0.1) is 0 Å². The molecule has 3 nitrogen and oxygen atoms in total. The Balaban J connectivity index is 3.12. The van der Waals surface area contributed by atoms with Gasteiger partial charge < -0.3 is 10.6 Å². The molecule has 0 saturated carbocycles. The van der Waals surface area contributed by atoms with Gasteiger partial charge in [-0.25, -0.2) is 0 Å². The number of hydrogen-bond acceptors (Lipinski definition) is 3. The number of carbonyl (C=O) groups excluding carboxylic acids is 1. The molecule has 0 aliphatic carbocycles. The molecule has 0 spiro atoms. The van der Waals surface area contributed by atoms with Crippen LogP contribution in [0.25, 0.3) is 0 Å². The molecule has 0 bridgehead atoms. The van der Waals surface area contributed by atoms with Crippen molar-refractivity contribution in [1.29, 1.82) is 0 Å². The van der Waals surface area contributed by atoms with Gasteiger partial charge in [0.25, 0.3) is 0 Å². The van der Waals surface area contributed by atoms with Crippen molar-refractivity contribution in [3.05, 3.63) is 0 Å². The molecule has 0 atom stereocenters. The second-order valence-electron chi connectivity index (χ2n) is 3.15. The van der Waals surface area contributed by atoms with E-state index in [-0.39, 0.29) is 5.91 Å². The zero-order chi connectivity index (χ0) is 10.1. The van der Waals surface area contributed by atoms with Gasteiger partial charge in [-0.2, -0.15) is 11.8 Å². The molecule has 4 heteroatoms. The normalized spacial score (nSPS) is 10.1. The Morgan fingerprint density at radius 3 is 2.46 bits per heavy atom. The summed E-state index contributed by atoms with van der Waals surface area (Å²) in [4.78, 5) is 12.8. The Hall–Kier alpha value is -0.220. The molecule has 78 valence electrons. The average Bonchev–Trinajstić information content (AvgIpc) is 2.10. The van der Waals surface area contributed by atoms with Gasteiger partial charge in [0, 0.05) is 20.5 Å². The third kappa shape index (κ3) is 8.12. The molecule has 0 aromatic rings. The lowest BCUT2D eigenvalue weighted by Crippen LogP contribution is -2.21. The van der Waals surface area contributed by atoms with E-state index in [1.165, 1.54) is 0 Å². The summed E-state index contributed by atoms with van der Waals surface area (Å²) < 4.78 is 0. The molecule has 0 rings (SSSR count). The lowest BCUT2D eigenvalue weighted by atomic mass is 10.3. The highest BCUT2D eigenvalue weighted by atomic mass is 32.2. The van der Waals surface area contributed by atoms with Crippen LogP contribution in [0.4, 0.5) is 0 Å². The highest BCUT2D eigenvalue weighted by Crippen LogP contribution is 2.06. The Labute approximate surface area is 85.0 Å². The fourth-order valence-electron chi connectivity index (χ4n) is 0.837. The molecule has 0 fully saturated rings. The molecule has 13 heavy (non-hydrogen) atoms. The summed E-state index contributed by atoms with van der Waals surface area (Å²) in [6, 6.07) is 0. The number of hydrogen-bond donors (Lipinski definition) is 1. The molecular weight excluding hydrogens is 184 g/mol. The van der Waals surface area contributed by atoms with E-state index in [0.717, 1.165) is 30.9 Å². The topological polar surface area (TPSA) is 46.3 Å². The standard InChI is InChI=1S/C9H20N2OS/c1-11(2)9(12)5-3-7-13-8-4-6-10/h3-8,10H2,1-2H3. The Kier molecular flexibility index (Phi) is 8.24. The number of amides is 1. The third-order valence-corrected chi connectivity index (χ3v) is 2.83. The van der Waals surface area contributed by atoms with E-state index < -0.39 is 0 Å². The minimum atomic E-state index is 0.222. The first-order chi connectivity index (χ1) is 6.18. The van der Waals surface area contributed by atoms with Gasteiger partial charge in [0.15, 0.2) is 0 Å². The van der Waals surface area contributed by atoms with Crippen molar-refractivity contribution in [2.45, 2.75) is 19.3 Å². The number of rotatable bonds is 7. The smallest absolute Gasteiger partial charge is 0.222 e. The average molecular weight is 204 g/mol. The van der Waals surface area contributed by atoms with Gasteiger partial charge in [0.05, 0.1) is 0 Å². The second kappa shape index (κ2) is 8.38. The number of thioether (sulfide) groups is 1. The fourth-order valence-corrected chi connectivity index (χ4v) is 1.76. The maximum Gasteiger partial charge on any atom is 0.222 e. The van der Waals surface area contributed by atoms with E-state index in [0.29, 0.717) is 6.42 Å². The van der Waals surface area contributed by atoms with Crippen LogP contribution in [-0.4, -0.2) is 43.0 Å². The predicted octanol–water partition coefficient (Wildman–Crippen LogP) is 0.937. The van der Waals surface area contributed by atoms with Crippen molar-refractivity contribution in [3.8, 4) is 0 Å². The van der Waals surface area contributed by atoms with Crippen molar-refractivity contribution in [2.24, 2.45) is 5.73 Å². The SMILES string of the molecule is CN(C)C(=O)CCCSCCCN. The van der Waals surface area contributed by atoms with E-state index in [2.05, 4.69) is 0 Å². The highest BCUT2D eigenvalue weighted by Gasteiger charge is 2.02. The molecule has 0 aromatic carbocycles. The lowest BCUT2D eigenvalue weighted by Gasteiger charge is -2.09. The van der Waals surface area contributed by atoms with Crippen LogP contribution in [0.15, 0.2) is 0 Å². The van der Waals surface area contributed by atoms with E-state index in [1.807, 2.05) is 11.8 Å². The highest BCUT2D eigenvalue weighted by molar-refractivity contribution is 7.99. The van der Waals surface area contributed by atoms with Gasteiger partial charge in [-0.15, -0.1) is 0 Å². The minimum Gasteiger partial charge on any atom is -0.349 e. The summed E-state index contributed by atoms with van der Waals surface area (Å²) in [6.45, 7) is 0.767. The molecule has 0 radical (unpaired) electrons. The molecule has 2 N–H and O–H groups in total. The minimum absolute atomic E-state index is 0.222. The predicted molar refractivity (Wildman–Crippen MR) is 58.9 cm³/mol.